The van der Waals surface area contributed by atoms with Gasteiger partial charge in [-0.15, -0.1) is 0 Å². The molecular formula is C20H40O4S. The first-order valence-electron chi connectivity index (χ1n) is 10.1. The van der Waals surface area contributed by atoms with E-state index >= 15 is 0 Å². The Morgan fingerprint density at radius 2 is 0.920 bits per heavy atom. The Labute approximate surface area is 159 Å². The summed E-state index contributed by atoms with van der Waals surface area (Å²) in [7, 11) is 0. The maximum Gasteiger partial charge on any atom is 0.303 e. The van der Waals surface area contributed by atoms with E-state index in [1.165, 1.54) is 88.6 Å². The van der Waals surface area contributed by atoms with Gasteiger partial charge in [0.25, 0.3) is 0 Å². The van der Waals surface area contributed by atoms with Crippen molar-refractivity contribution in [2.75, 3.05) is 11.5 Å². The van der Waals surface area contributed by atoms with E-state index < -0.39 is 11.9 Å². The first kappa shape index (κ1) is 26.5. The first-order valence-corrected chi connectivity index (χ1v) is 11.2. The SMILES string of the molecule is CCCCCCCCSCCCCCCCC.O=C(O)CCC(=O)O. The number of rotatable bonds is 17. The van der Waals surface area contributed by atoms with E-state index in [1.807, 2.05) is 0 Å². The quantitative estimate of drug-likeness (QED) is 0.288. The molecule has 0 aromatic rings. The maximum absolute atomic E-state index is 9.64. The fourth-order valence-electron chi connectivity index (χ4n) is 2.28. The Kier molecular flexibility index (Phi) is 24.7. The lowest BCUT2D eigenvalue weighted by Crippen LogP contribution is -2.00. The molecule has 5 heteroatoms. The zero-order valence-electron chi connectivity index (χ0n) is 16.4. The summed E-state index contributed by atoms with van der Waals surface area (Å²) in [5, 5.41) is 15.8. The van der Waals surface area contributed by atoms with Crippen molar-refractivity contribution in [1.29, 1.82) is 0 Å². The molecule has 0 aromatic carbocycles. The Balaban J connectivity index is 0. The van der Waals surface area contributed by atoms with Crippen molar-refractivity contribution in [1.82, 2.24) is 0 Å². The third-order valence-corrected chi connectivity index (χ3v) is 4.99. The third kappa shape index (κ3) is 31.6. The van der Waals surface area contributed by atoms with Crippen molar-refractivity contribution < 1.29 is 19.8 Å². The van der Waals surface area contributed by atoms with Gasteiger partial charge < -0.3 is 10.2 Å². The number of carboxylic acid groups (broad SMARTS) is 2. The summed E-state index contributed by atoms with van der Waals surface area (Å²) in [6, 6.07) is 0. The Hall–Kier alpha value is -0.710. The predicted octanol–water partition coefficient (Wildman–Crippen LogP) is 6.38. The molecule has 25 heavy (non-hydrogen) atoms. The number of aliphatic carboxylic acids is 2. The Bertz CT molecular complexity index is 267. The van der Waals surface area contributed by atoms with Gasteiger partial charge in [0.05, 0.1) is 12.8 Å². The van der Waals surface area contributed by atoms with E-state index in [0.29, 0.717) is 0 Å². The fraction of sp³-hybridized carbons (Fsp3) is 0.900. The smallest absolute Gasteiger partial charge is 0.303 e. The number of unbranched alkanes of at least 4 members (excludes halogenated alkanes) is 10. The minimum atomic E-state index is -1.08. The van der Waals surface area contributed by atoms with Crippen LogP contribution in [-0.4, -0.2) is 33.7 Å². The van der Waals surface area contributed by atoms with Gasteiger partial charge in [-0.05, 0) is 24.3 Å². The topological polar surface area (TPSA) is 74.6 Å². The molecular weight excluding hydrogens is 336 g/mol. The van der Waals surface area contributed by atoms with Crippen LogP contribution in [0.1, 0.15) is 104 Å². The second kappa shape index (κ2) is 23.3. The second-order valence-electron chi connectivity index (χ2n) is 6.44. The average Bonchev–Trinajstić information content (AvgIpc) is 2.58. The van der Waals surface area contributed by atoms with Crippen molar-refractivity contribution in [3.63, 3.8) is 0 Å². The van der Waals surface area contributed by atoms with E-state index in [9.17, 15) is 9.59 Å². The molecule has 0 fully saturated rings. The van der Waals surface area contributed by atoms with Gasteiger partial charge in [-0.2, -0.15) is 11.8 Å². The zero-order chi connectivity index (χ0) is 19.2. The summed E-state index contributed by atoms with van der Waals surface area (Å²) in [4.78, 5) is 19.3. The van der Waals surface area contributed by atoms with Crippen LogP contribution in [0.3, 0.4) is 0 Å². The van der Waals surface area contributed by atoms with E-state index in [1.54, 1.807) is 0 Å². The van der Waals surface area contributed by atoms with Crippen LogP contribution >= 0.6 is 11.8 Å². The van der Waals surface area contributed by atoms with Crippen LogP contribution in [-0.2, 0) is 9.59 Å². The molecule has 0 unspecified atom stereocenters. The molecule has 0 saturated heterocycles. The molecule has 0 amide bonds. The van der Waals surface area contributed by atoms with Crippen molar-refractivity contribution >= 4 is 23.7 Å². The second-order valence-corrected chi connectivity index (χ2v) is 7.66. The van der Waals surface area contributed by atoms with E-state index in [4.69, 9.17) is 10.2 Å². The minimum Gasteiger partial charge on any atom is -0.481 e. The highest BCUT2D eigenvalue weighted by Crippen LogP contribution is 2.13. The maximum atomic E-state index is 9.64. The van der Waals surface area contributed by atoms with Crippen molar-refractivity contribution in [3.05, 3.63) is 0 Å². The third-order valence-electron chi connectivity index (χ3n) is 3.84. The first-order chi connectivity index (χ1) is 12.0. The van der Waals surface area contributed by atoms with Gasteiger partial charge in [-0.3, -0.25) is 9.59 Å². The summed E-state index contributed by atoms with van der Waals surface area (Å²) in [5.74, 6) is 0.655. The summed E-state index contributed by atoms with van der Waals surface area (Å²) >= 11 is 2.18. The Morgan fingerprint density at radius 1 is 0.600 bits per heavy atom. The molecule has 0 rings (SSSR count). The van der Waals surface area contributed by atoms with Crippen LogP contribution < -0.4 is 0 Å². The zero-order valence-corrected chi connectivity index (χ0v) is 17.2. The Morgan fingerprint density at radius 3 is 1.24 bits per heavy atom. The lowest BCUT2D eigenvalue weighted by Gasteiger charge is -2.02. The summed E-state index contributed by atoms with van der Waals surface area (Å²) in [6.07, 6.45) is 16.7. The molecule has 0 atom stereocenters. The molecule has 0 aliphatic carbocycles. The largest absolute Gasteiger partial charge is 0.481 e. The molecule has 4 nitrogen and oxygen atoms in total. The number of hydrogen-bond acceptors (Lipinski definition) is 3. The lowest BCUT2D eigenvalue weighted by molar-refractivity contribution is -0.143. The molecule has 0 bridgehead atoms. The van der Waals surface area contributed by atoms with Crippen LogP contribution in [0, 0.1) is 0 Å². The van der Waals surface area contributed by atoms with Gasteiger partial charge in [0.1, 0.15) is 0 Å². The van der Waals surface area contributed by atoms with Crippen LogP contribution in [0.5, 0.6) is 0 Å². The van der Waals surface area contributed by atoms with E-state index in [-0.39, 0.29) is 12.8 Å². The van der Waals surface area contributed by atoms with Gasteiger partial charge in [0.15, 0.2) is 0 Å². The van der Waals surface area contributed by atoms with Crippen LogP contribution in [0.15, 0.2) is 0 Å². The molecule has 0 aliphatic rings. The fourth-order valence-corrected chi connectivity index (χ4v) is 3.31. The van der Waals surface area contributed by atoms with Crippen LogP contribution in [0.25, 0.3) is 0 Å². The van der Waals surface area contributed by atoms with E-state index in [0.717, 1.165) is 0 Å². The molecule has 2 N–H and O–H groups in total. The normalized spacial score (nSPS) is 10.2. The van der Waals surface area contributed by atoms with Gasteiger partial charge in [0.2, 0.25) is 0 Å². The molecule has 0 aliphatic heterocycles. The van der Waals surface area contributed by atoms with Gasteiger partial charge >= 0.3 is 11.9 Å². The molecule has 0 heterocycles. The predicted molar refractivity (Wildman–Crippen MR) is 109 cm³/mol. The van der Waals surface area contributed by atoms with Crippen LogP contribution in [0.2, 0.25) is 0 Å². The van der Waals surface area contributed by atoms with Crippen molar-refractivity contribution in [2.45, 2.75) is 104 Å². The van der Waals surface area contributed by atoms with Gasteiger partial charge in [-0.1, -0.05) is 78.1 Å². The molecule has 0 saturated carbocycles. The minimum absolute atomic E-state index is 0.296. The highest BCUT2D eigenvalue weighted by molar-refractivity contribution is 7.99. The van der Waals surface area contributed by atoms with Crippen molar-refractivity contribution in [3.8, 4) is 0 Å². The number of hydrogen-bond donors (Lipinski definition) is 2. The van der Waals surface area contributed by atoms with Gasteiger partial charge in [-0.25, -0.2) is 0 Å². The summed E-state index contributed by atoms with van der Waals surface area (Å²) in [5.41, 5.74) is 0. The van der Waals surface area contributed by atoms with Crippen molar-refractivity contribution in [2.24, 2.45) is 0 Å². The average molecular weight is 377 g/mol. The summed E-state index contributed by atoms with van der Waals surface area (Å²) in [6.45, 7) is 4.58. The number of carboxylic acids is 2. The number of thioether (sulfide) groups is 1. The number of carbonyl (C=O) groups is 2. The van der Waals surface area contributed by atoms with E-state index in [2.05, 4.69) is 25.6 Å². The summed E-state index contributed by atoms with van der Waals surface area (Å²) < 4.78 is 0. The molecule has 0 spiro atoms. The highest BCUT2D eigenvalue weighted by Gasteiger charge is 2.00. The molecule has 0 radical (unpaired) electrons. The standard InChI is InChI=1S/C16H34S.C4H6O4/c1-3-5-7-9-11-13-15-17-16-14-12-10-8-6-4-2;5-3(6)1-2-4(7)8/h3-16H2,1-2H3;1-2H2,(H,5,6)(H,7,8). The monoisotopic (exact) mass is 376 g/mol. The lowest BCUT2D eigenvalue weighted by atomic mass is 10.1. The van der Waals surface area contributed by atoms with Gasteiger partial charge in [0, 0.05) is 0 Å². The molecule has 150 valence electrons. The van der Waals surface area contributed by atoms with Crippen LogP contribution in [0.4, 0.5) is 0 Å². The highest BCUT2D eigenvalue weighted by atomic mass is 32.2. The molecule has 0 aromatic heterocycles.